The highest BCUT2D eigenvalue weighted by Gasteiger charge is 2.26. The lowest BCUT2D eigenvalue weighted by Gasteiger charge is -2.23. The van der Waals surface area contributed by atoms with Crippen molar-refractivity contribution < 1.29 is 19.1 Å². The minimum atomic E-state index is -1.65. The first kappa shape index (κ1) is 18.0. The lowest BCUT2D eigenvalue weighted by molar-refractivity contribution is -0.140. The summed E-state index contributed by atoms with van der Waals surface area (Å²) >= 11 is 0. The van der Waals surface area contributed by atoms with Gasteiger partial charge in [-0.1, -0.05) is 0 Å². The molecule has 1 saturated heterocycles. The van der Waals surface area contributed by atoms with E-state index in [1.54, 1.807) is 23.1 Å². The van der Waals surface area contributed by atoms with Gasteiger partial charge in [0.25, 0.3) is 17.4 Å². The smallest absolute Gasteiger partial charge is 0.272 e. The second kappa shape index (κ2) is 7.61. The highest BCUT2D eigenvalue weighted by atomic mass is 19.1. The maximum Gasteiger partial charge on any atom is 0.272 e. The Morgan fingerprint density at radius 2 is 1.96 bits per heavy atom. The molecule has 9 heteroatoms. The van der Waals surface area contributed by atoms with Crippen LogP contribution in [0.5, 0.6) is 0 Å². The van der Waals surface area contributed by atoms with Crippen molar-refractivity contribution in [1.29, 1.82) is 0 Å². The van der Waals surface area contributed by atoms with Gasteiger partial charge < -0.3 is 14.9 Å². The molecule has 0 aliphatic carbocycles. The van der Waals surface area contributed by atoms with Crippen molar-refractivity contribution in [3.8, 4) is 0 Å². The van der Waals surface area contributed by atoms with E-state index in [0.29, 0.717) is 35.8 Å². The standard InChI is InChI=1S/C17H19FN4O4/c18-9-14(23)17(26)22-5-1-4-21(6-7-22)16(25)11-2-3-13-12(8-11)10-19-20-15(13)24/h2-3,8,10,14,23H,1,4-7,9H2,(H,20,24)/t14-/m1/s1. The number of amides is 2. The van der Waals surface area contributed by atoms with Crippen molar-refractivity contribution in [2.24, 2.45) is 0 Å². The first-order valence-corrected chi connectivity index (χ1v) is 8.31. The predicted octanol–water partition coefficient (Wildman–Crippen LogP) is -0.0720. The van der Waals surface area contributed by atoms with Crippen molar-refractivity contribution in [3.63, 3.8) is 0 Å². The van der Waals surface area contributed by atoms with E-state index in [9.17, 15) is 23.9 Å². The Bertz CT molecular complexity index is 884. The number of nitrogens with one attached hydrogen (secondary N) is 1. The molecule has 1 atom stereocenters. The Morgan fingerprint density at radius 1 is 1.23 bits per heavy atom. The fourth-order valence-corrected chi connectivity index (χ4v) is 3.03. The number of halogens is 1. The minimum Gasteiger partial charge on any atom is -0.381 e. The fourth-order valence-electron chi connectivity index (χ4n) is 3.03. The number of fused-ring (bicyclic) bond motifs is 1. The Kier molecular flexibility index (Phi) is 5.27. The maximum absolute atomic E-state index is 12.8. The molecule has 26 heavy (non-hydrogen) atoms. The molecule has 138 valence electrons. The molecule has 3 rings (SSSR count). The van der Waals surface area contributed by atoms with Gasteiger partial charge in [0.15, 0.2) is 6.10 Å². The van der Waals surface area contributed by atoms with Crippen LogP contribution >= 0.6 is 0 Å². The molecule has 0 bridgehead atoms. The maximum atomic E-state index is 12.8. The molecule has 8 nitrogen and oxygen atoms in total. The number of H-pyrrole nitrogens is 1. The number of carbonyl (C=O) groups excluding carboxylic acids is 2. The van der Waals surface area contributed by atoms with Crippen LogP contribution < -0.4 is 5.56 Å². The Hall–Kier alpha value is -2.81. The van der Waals surface area contributed by atoms with Crippen molar-refractivity contribution in [1.82, 2.24) is 20.0 Å². The number of benzene rings is 1. The van der Waals surface area contributed by atoms with Crippen molar-refractivity contribution in [2.75, 3.05) is 32.9 Å². The molecule has 0 unspecified atom stereocenters. The summed E-state index contributed by atoms with van der Waals surface area (Å²) in [6.07, 6.45) is 0.364. The average Bonchev–Trinajstić information content (AvgIpc) is 2.92. The van der Waals surface area contributed by atoms with Gasteiger partial charge in [-0.15, -0.1) is 0 Å². The number of aromatic nitrogens is 2. The van der Waals surface area contributed by atoms with Gasteiger partial charge >= 0.3 is 0 Å². The second-order valence-corrected chi connectivity index (χ2v) is 6.14. The van der Waals surface area contributed by atoms with Crippen molar-refractivity contribution in [3.05, 3.63) is 40.3 Å². The van der Waals surface area contributed by atoms with Gasteiger partial charge in [-0.25, -0.2) is 9.49 Å². The molecule has 1 aliphatic heterocycles. The summed E-state index contributed by atoms with van der Waals surface area (Å²) in [4.78, 5) is 39.3. The first-order valence-electron chi connectivity index (χ1n) is 8.31. The number of alkyl halides is 1. The number of nitrogens with zero attached hydrogens (tertiary/aromatic N) is 3. The summed E-state index contributed by atoms with van der Waals surface area (Å²) in [6, 6.07) is 4.77. The summed E-state index contributed by atoms with van der Waals surface area (Å²) in [5.41, 5.74) is 0.102. The molecule has 2 heterocycles. The van der Waals surface area contributed by atoms with Crippen molar-refractivity contribution >= 4 is 22.6 Å². The largest absolute Gasteiger partial charge is 0.381 e. The van der Waals surface area contributed by atoms with Crippen LogP contribution in [0, 0.1) is 0 Å². The summed E-state index contributed by atoms with van der Waals surface area (Å²) in [5, 5.41) is 16.5. The minimum absolute atomic E-state index is 0.215. The molecular weight excluding hydrogens is 343 g/mol. The molecule has 2 N–H and O–H groups in total. The van der Waals surface area contributed by atoms with Gasteiger partial charge in [0.05, 0.1) is 11.6 Å². The predicted molar refractivity (Wildman–Crippen MR) is 91.4 cm³/mol. The number of hydrogen-bond acceptors (Lipinski definition) is 5. The molecule has 1 aromatic carbocycles. The molecular formula is C17H19FN4O4. The molecule has 0 saturated carbocycles. The second-order valence-electron chi connectivity index (χ2n) is 6.14. The first-order chi connectivity index (χ1) is 12.5. The molecule has 0 radical (unpaired) electrons. The number of hydrogen-bond donors (Lipinski definition) is 2. The van der Waals surface area contributed by atoms with Crippen LogP contribution in [0.3, 0.4) is 0 Å². The number of carbonyl (C=O) groups is 2. The number of rotatable bonds is 3. The summed E-state index contributed by atoms with van der Waals surface area (Å²) < 4.78 is 12.5. The topological polar surface area (TPSA) is 107 Å². The van der Waals surface area contributed by atoms with E-state index in [-0.39, 0.29) is 24.6 Å². The Labute approximate surface area is 148 Å². The third-order valence-electron chi connectivity index (χ3n) is 4.44. The molecule has 2 aromatic rings. The van der Waals surface area contributed by atoms with E-state index in [1.807, 2.05) is 0 Å². The summed E-state index contributed by atoms with van der Waals surface area (Å²) in [5.74, 6) is -0.870. The lowest BCUT2D eigenvalue weighted by Crippen LogP contribution is -2.42. The van der Waals surface area contributed by atoms with Gasteiger partial charge in [-0.05, 0) is 24.6 Å². The van der Waals surface area contributed by atoms with Crippen molar-refractivity contribution in [2.45, 2.75) is 12.5 Å². The van der Waals surface area contributed by atoms with Gasteiger partial charge in [0, 0.05) is 37.1 Å². The zero-order valence-corrected chi connectivity index (χ0v) is 14.0. The normalized spacial score (nSPS) is 16.4. The van der Waals surface area contributed by atoms with Gasteiger partial charge in [-0.2, -0.15) is 5.10 Å². The van der Waals surface area contributed by atoms with Crippen LogP contribution in [0.1, 0.15) is 16.8 Å². The molecule has 1 aromatic heterocycles. The van der Waals surface area contributed by atoms with Crippen LogP contribution in [0.25, 0.3) is 10.8 Å². The third-order valence-corrected chi connectivity index (χ3v) is 4.44. The zero-order chi connectivity index (χ0) is 18.7. The van der Waals surface area contributed by atoms with Crippen LogP contribution in [-0.4, -0.2) is 75.9 Å². The van der Waals surface area contributed by atoms with Crippen LogP contribution in [0.4, 0.5) is 4.39 Å². The molecule has 2 amide bonds. The fraction of sp³-hybridized carbons (Fsp3) is 0.412. The Morgan fingerprint density at radius 3 is 2.73 bits per heavy atom. The van der Waals surface area contributed by atoms with E-state index in [2.05, 4.69) is 10.2 Å². The average molecular weight is 362 g/mol. The molecule has 1 aliphatic rings. The van der Waals surface area contributed by atoms with E-state index in [1.165, 1.54) is 11.1 Å². The molecule has 0 spiro atoms. The van der Waals surface area contributed by atoms with Gasteiger partial charge in [0.1, 0.15) is 6.67 Å². The highest BCUT2D eigenvalue weighted by Crippen LogP contribution is 2.15. The molecule has 1 fully saturated rings. The van der Waals surface area contributed by atoms with Crippen LogP contribution in [-0.2, 0) is 4.79 Å². The Balaban J connectivity index is 1.74. The van der Waals surface area contributed by atoms with Gasteiger partial charge in [0.2, 0.25) is 0 Å². The highest BCUT2D eigenvalue weighted by molar-refractivity contribution is 5.98. The number of aromatic amines is 1. The quantitative estimate of drug-likeness (QED) is 0.795. The van der Waals surface area contributed by atoms with E-state index in [0.717, 1.165) is 0 Å². The third kappa shape index (κ3) is 3.57. The van der Waals surface area contributed by atoms with E-state index >= 15 is 0 Å². The van der Waals surface area contributed by atoms with E-state index < -0.39 is 18.7 Å². The number of aliphatic hydroxyl groups excluding tert-OH is 1. The number of aliphatic hydroxyl groups is 1. The van der Waals surface area contributed by atoms with Crippen LogP contribution in [0.2, 0.25) is 0 Å². The summed E-state index contributed by atoms with van der Waals surface area (Å²) in [7, 11) is 0. The summed E-state index contributed by atoms with van der Waals surface area (Å²) in [6.45, 7) is 0.199. The SMILES string of the molecule is O=C(c1ccc2c(=O)[nH]ncc2c1)N1CCCN(C(=O)[C@H](O)CF)CC1. The lowest BCUT2D eigenvalue weighted by atomic mass is 10.1. The van der Waals surface area contributed by atoms with Gasteiger partial charge in [-0.3, -0.25) is 14.4 Å². The van der Waals surface area contributed by atoms with Crippen LogP contribution in [0.15, 0.2) is 29.2 Å². The zero-order valence-electron chi connectivity index (χ0n) is 14.0. The van der Waals surface area contributed by atoms with E-state index in [4.69, 9.17) is 0 Å². The monoisotopic (exact) mass is 362 g/mol.